The summed E-state index contributed by atoms with van der Waals surface area (Å²) < 4.78 is 0. The molecule has 1 N–H and O–H groups in total. The molecular formula is C17H14N2O3. The number of fused-ring (bicyclic) bond motifs is 1. The van der Waals surface area contributed by atoms with Gasteiger partial charge >= 0.3 is 0 Å². The minimum absolute atomic E-state index is 0.254. The van der Waals surface area contributed by atoms with Crippen molar-refractivity contribution in [2.24, 2.45) is 0 Å². The van der Waals surface area contributed by atoms with Crippen molar-refractivity contribution < 1.29 is 14.4 Å². The maximum Gasteiger partial charge on any atom is 0.266 e. The molecule has 5 nitrogen and oxygen atoms in total. The second-order valence-corrected chi connectivity index (χ2v) is 5.02. The predicted octanol–water partition coefficient (Wildman–Crippen LogP) is 2.16. The Hall–Kier alpha value is -2.95. The highest BCUT2D eigenvalue weighted by molar-refractivity contribution is 6.34. The summed E-state index contributed by atoms with van der Waals surface area (Å²) in [6.07, 6.45) is 0. The average molecular weight is 294 g/mol. The lowest BCUT2D eigenvalue weighted by Crippen LogP contribution is -2.31. The van der Waals surface area contributed by atoms with Crippen molar-refractivity contribution in [1.29, 1.82) is 0 Å². The topological polar surface area (TPSA) is 66.5 Å². The molecular weight excluding hydrogens is 280 g/mol. The van der Waals surface area contributed by atoms with Gasteiger partial charge in [0.15, 0.2) is 0 Å². The molecule has 0 saturated heterocycles. The number of nitrogens with zero attached hydrogens (tertiary/aromatic N) is 1. The van der Waals surface area contributed by atoms with Gasteiger partial charge in [-0.2, -0.15) is 0 Å². The van der Waals surface area contributed by atoms with Gasteiger partial charge in [0.25, 0.3) is 17.7 Å². The van der Waals surface area contributed by atoms with Gasteiger partial charge in [0.2, 0.25) is 0 Å². The number of amides is 3. The van der Waals surface area contributed by atoms with Crippen molar-refractivity contribution in [2.45, 2.75) is 6.92 Å². The molecule has 0 bridgehead atoms. The van der Waals surface area contributed by atoms with E-state index in [0.717, 1.165) is 4.90 Å². The molecule has 0 spiro atoms. The predicted molar refractivity (Wildman–Crippen MR) is 82.2 cm³/mol. The molecule has 0 radical (unpaired) electrons. The SMILES string of the molecule is CNC(=O)c1cccc(N2C(=O)c3ccccc3C2=O)c1C. The number of rotatable bonds is 2. The van der Waals surface area contributed by atoms with Gasteiger partial charge in [-0.15, -0.1) is 0 Å². The first kappa shape index (κ1) is 14.0. The van der Waals surface area contributed by atoms with Crippen LogP contribution in [0.15, 0.2) is 42.5 Å². The summed E-state index contributed by atoms with van der Waals surface area (Å²) in [4.78, 5) is 38.0. The van der Waals surface area contributed by atoms with Crippen LogP contribution in [0.1, 0.15) is 36.6 Å². The molecule has 110 valence electrons. The molecule has 0 aliphatic carbocycles. The summed E-state index contributed by atoms with van der Waals surface area (Å²) in [5.41, 5.74) is 2.25. The maximum absolute atomic E-state index is 12.5. The first-order chi connectivity index (χ1) is 10.6. The Labute approximate surface area is 127 Å². The van der Waals surface area contributed by atoms with Crippen molar-refractivity contribution in [1.82, 2.24) is 5.32 Å². The van der Waals surface area contributed by atoms with Gasteiger partial charge in [0.05, 0.1) is 16.8 Å². The average Bonchev–Trinajstić information content (AvgIpc) is 2.79. The Morgan fingerprint density at radius 1 is 0.955 bits per heavy atom. The van der Waals surface area contributed by atoms with Crippen molar-refractivity contribution in [3.8, 4) is 0 Å². The maximum atomic E-state index is 12.5. The molecule has 22 heavy (non-hydrogen) atoms. The van der Waals surface area contributed by atoms with Crippen LogP contribution in [0.3, 0.4) is 0 Å². The van der Waals surface area contributed by atoms with Crippen molar-refractivity contribution in [3.05, 3.63) is 64.7 Å². The Kier molecular flexibility index (Phi) is 3.25. The number of carbonyl (C=O) groups excluding carboxylic acids is 3. The summed E-state index contributed by atoms with van der Waals surface area (Å²) in [5, 5.41) is 2.55. The van der Waals surface area contributed by atoms with E-state index in [0.29, 0.717) is 27.9 Å². The van der Waals surface area contributed by atoms with Crippen LogP contribution in [0.4, 0.5) is 5.69 Å². The van der Waals surface area contributed by atoms with Gasteiger partial charge in [0.1, 0.15) is 0 Å². The molecule has 3 rings (SSSR count). The summed E-state index contributed by atoms with van der Waals surface area (Å²) in [6.45, 7) is 1.73. The van der Waals surface area contributed by atoms with E-state index < -0.39 is 0 Å². The molecule has 0 atom stereocenters. The summed E-state index contributed by atoms with van der Waals surface area (Å²) in [7, 11) is 1.54. The van der Waals surface area contributed by atoms with Gasteiger partial charge in [-0.05, 0) is 36.8 Å². The quantitative estimate of drug-likeness (QED) is 0.863. The van der Waals surface area contributed by atoms with Crippen LogP contribution in [-0.2, 0) is 0 Å². The fraction of sp³-hybridized carbons (Fsp3) is 0.118. The summed E-state index contributed by atoms with van der Waals surface area (Å²) in [5.74, 6) is -0.980. The van der Waals surface area contributed by atoms with Crippen molar-refractivity contribution in [2.75, 3.05) is 11.9 Å². The Morgan fingerprint density at radius 3 is 2.09 bits per heavy atom. The highest BCUT2D eigenvalue weighted by Gasteiger charge is 2.37. The largest absolute Gasteiger partial charge is 0.355 e. The molecule has 3 amide bonds. The molecule has 0 saturated carbocycles. The monoisotopic (exact) mass is 294 g/mol. The van der Waals surface area contributed by atoms with E-state index in [2.05, 4.69) is 5.32 Å². The lowest BCUT2D eigenvalue weighted by atomic mass is 10.1. The second kappa shape index (κ2) is 5.11. The Balaban J connectivity index is 2.13. The van der Waals surface area contributed by atoms with E-state index in [1.807, 2.05) is 0 Å². The van der Waals surface area contributed by atoms with Gasteiger partial charge < -0.3 is 5.32 Å². The molecule has 1 aliphatic rings. The Morgan fingerprint density at radius 2 is 1.55 bits per heavy atom. The number of nitrogens with one attached hydrogen (secondary N) is 1. The number of anilines is 1. The standard InChI is InChI=1S/C17H14N2O3/c1-10-11(15(20)18-2)8-5-9-14(10)19-16(21)12-6-3-4-7-13(12)17(19)22/h3-9H,1-2H3,(H,18,20). The fourth-order valence-corrected chi connectivity index (χ4v) is 2.65. The smallest absolute Gasteiger partial charge is 0.266 e. The number of carbonyl (C=O) groups is 3. The van der Waals surface area contributed by atoms with Gasteiger partial charge in [-0.3, -0.25) is 14.4 Å². The zero-order valence-corrected chi connectivity index (χ0v) is 12.2. The lowest BCUT2D eigenvalue weighted by molar-refractivity contribution is 0.0920. The molecule has 0 fully saturated rings. The highest BCUT2D eigenvalue weighted by Crippen LogP contribution is 2.31. The minimum atomic E-state index is -0.363. The molecule has 2 aromatic rings. The zero-order valence-electron chi connectivity index (χ0n) is 12.2. The van der Waals surface area contributed by atoms with E-state index in [-0.39, 0.29) is 17.7 Å². The first-order valence-corrected chi connectivity index (χ1v) is 6.85. The highest BCUT2D eigenvalue weighted by atomic mass is 16.2. The number of hydrogen-bond acceptors (Lipinski definition) is 3. The third kappa shape index (κ3) is 1.90. The van der Waals surface area contributed by atoms with Crippen molar-refractivity contribution in [3.63, 3.8) is 0 Å². The van der Waals surface area contributed by atoms with Crippen LogP contribution in [-0.4, -0.2) is 24.8 Å². The normalized spacial score (nSPS) is 13.3. The van der Waals surface area contributed by atoms with Crippen LogP contribution in [0.2, 0.25) is 0 Å². The van der Waals surface area contributed by atoms with Crippen LogP contribution in [0.5, 0.6) is 0 Å². The fourth-order valence-electron chi connectivity index (χ4n) is 2.65. The first-order valence-electron chi connectivity index (χ1n) is 6.85. The van der Waals surface area contributed by atoms with Gasteiger partial charge in [-0.25, -0.2) is 4.90 Å². The third-order valence-corrected chi connectivity index (χ3v) is 3.81. The summed E-state index contributed by atoms with van der Waals surface area (Å²) >= 11 is 0. The second-order valence-electron chi connectivity index (χ2n) is 5.02. The molecule has 0 unspecified atom stereocenters. The molecule has 1 heterocycles. The van der Waals surface area contributed by atoms with E-state index in [4.69, 9.17) is 0 Å². The Bertz CT molecular complexity index is 776. The van der Waals surface area contributed by atoms with Crippen LogP contribution in [0.25, 0.3) is 0 Å². The van der Waals surface area contributed by atoms with E-state index in [1.54, 1.807) is 49.4 Å². The molecule has 5 heteroatoms. The lowest BCUT2D eigenvalue weighted by Gasteiger charge is -2.18. The number of hydrogen-bond donors (Lipinski definition) is 1. The third-order valence-electron chi connectivity index (χ3n) is 3.81. The van der Waals surface area contributed by atoms with Gasteiger partial charge in [0, 0.05) is 12.6 Å². The number of imide groups is 1. The zero-order chi connectivity index (χ0) is 15.9. The summed E-state index contributed by atoms with van der Waals surface area (Å²) in [6, 6.07) is 11.7. The van der Waals surface area contributed by atoms with E-state index in [1.165, 1.54) is 7.05 Å². The van der Waals surface area contributed by atoms with Crippen LogP contribution in [0, 0.1) is 6.92 Å². The van der Waals surface area contributed by atoms with E-state index in [9.17, 15) is 14.4 Å². The molecule has 0 aromatic heterocycles. The van der Waals surface area contributed by atoms with Crippen molar-refractivity contribution >= 4 is 23.4 Å². The van der Waals surface area contributed by atoms with Crippen LogP contribution < -0.4 is 10.2 Å². The minimum Gasteiger partial charge on any atom is -0.355 e. The molecule has 1 aliphatic heterocycles. The van der Waals surface area contributed by atoms with E-state index >= 15 is 0 Å². The van der Waals surface area contributed by atoms with Gasteiger partial charge in [-0.1, -0.05) is 18.2 Å². The van der Waals surface area contributed by atoms with Crippen LogP contribution >= 0.6 is 0 Å². The number of benzene rings is 2. The molecule has 2 aromatic carbocycles.